The molecular weight excluding hydrogens is 174 g/mol. The quantitative estimate of drug-likeness (QED) is 0.523. The van der Waals surface area contributed by atoms with Crippen LogP contribution in [0.4, 0.5) is 5.69 Å². The lowest BCUT2D eigenvalue weighted by molar-refractivity contribution is -0.385. The van der Waals surface area contributed by atoms with E-state index in [1.807, 2.05) is 0 Å². The zero-order valence-electron chi connectivity index (χ0n) is 7.23. The molecule has 0 heterocycles. The number of methoxy groups -OCH3 is 2. The molecule has 0 amide bonds. The van der Waals surface area contributed by atoms with E-state index in [9.17, 15) is 10.1 Å². The highest BCUT2D eigenvalue weighted by atomic mass is 16.6. The van der Waals surface area contributed by atoms with Gasteiger partial charge in [0.2, 0.25) is 5.75 Å². The minimum absolute atomic E-state index is 0.117. The Morgan fingerprint density at radius 2 is 2.08 bits per heavy atom. The lowest BCUT2D eigenvalue weighted by Crippen LogP contribution is -1.96. The summed E-state index contributed by atoms with van der Waals surface area (Å²) in [7, 11) is 2.76. The molecule has 0 aliphatic rings. The van der Waals surface area contributed by atoms with Crippen molar-refractivity contribution in [3.05, 3.63) is 28.3 Å². The van der Waals surface area contributed by atoms with Gasteiger partial charge in [-0.3, -0.25) is 10.1 Å². The molecule has 13 heavy (non-hydrogen) atoms. The normalized spacial score (nSPS) is 9.38. The van der Waals surface area contributed by atoms with Crippen LogP contribution in [-0.4, -0.2) is 19.1 Å². The number of nitro groups is 1. The predicted molar refractivity (Wildman–Crippen MR) is 45.0 cm³/mol. The lowest BCUT2D eigenvalue weighted by atomic mass is 10.3. The first-order valence-electron chi connectivity index (χ1n) is 3.47. The van der Waals surface area contributed by atoms with Gasteiger partial charge in [-0.1, -0.05) is 0 Å². The summed E-state index contributed by atoms with van der Waals surface area (Å²) < 4.78 is 9.71. The van der Waals surface area contributed by atoms with Crippen molar-refractivity contribution in [3.8, 4) is 11.5 Å². The Balaban J connectivity index is 3.27. The molecule has 0 bridgehead atoms. The molecule has 0 saturated carbocycles. The van der Waals surface area contributed by atoms with Crippen molar-refractivity contribution >= 4 is 5.69 Å². The van der Waals surface area contributed by atoms with Crippen molar-refractivity contribution in [1.82, 2.24) is 0 Å². The zero-order chi connectivity index (χ0) is 9.84. The molecule has 0 aromatic heterocycles. The van der Waals surface area contributed by atoms with Gasteiger partial charge < -0.3 is 9.47 Å². The second kappa shape index (κ2) is 3.75. The van der Waals surface area contributed by atoms with Crippen LogP contribution in [0, 0.1) is 16.2 Å². The Hall–Kier alpha value is -1.78. The summed E-state index contributed by atoms with van der Waals surface area (Å²) in [6, 6.07) is 5.31. The van der Waals surface area contributed by atoms with Crippen molar-refractivity contribution in [2.45, 2.75) is 0 Å². The van der Waals surface area contributed by atoms with Crippen molar-refractivity contribution in [2.75, 3.05) is 14.2 Å². The largest absolute Gasteiger partial charge is 0.493 e. The number of hydrogen-bond acceptors (Lipinski definition) is 4. The van der Waals surface area contributed by atoms with Gasteiger partial charge in [0.05, 0.1) is 19.1 Å². The Labute approximate surface area is 75.0 Å². The van der Waals surface area contributed by atoms with Crippen molar-refractivity contribution in [2.24, 2.45) is 0 Å². The SMILES string of the molecule is COc1c[c]cc([N+](=O)[O-])c1OC. The van der Waals surface area contributed by atoms with E-state index < -0.39 is 4.92 Å². The Bertz CT molecular complexity index is 324. The second-order valence-electron chi connectivity index (χ2n) is 2.20. The molecule has 69 valence electrons. The molecule has 0 spiro atoms. The third kappa shape index (κ3) is 1.69. The van der Waals surface area contributed by atoms with Gasteiger partial charge in [0, 0.05) is 6.07 Å². The van der Waals surface area contributed by atoms with Gasteiger partial charge in [-0.05, 0) is 12.1 Å². The van der Waals surface area contributed by atoms with Gasteiger partial charge in [-0.2, -0.15) is 0 Å². The number of nitro benzene ring substituents is 1. The van der Waals surface area contributed by atoms with Crippen LogP contribution in [0.15, 0.2) is 12.1 Å². The van der Waals surface area contributed by atoms with Crippen LogP contribution in [0.1, 0.15) is 0 Å². The van der Waals surface area contributed by atoms with Gasteiger partial charge in [-0.15, -0.1) is 0 Å². The summed E-state index contributed by atoms with van der Waals surface area (Å²) in [6.07, 6.45) is 0. The molecule has 1 aromatic carbocycles. The fourth-order valence-electron chi connectivity index (χ4n) is 0.946. The number of ether oxygens (including phenoxy) is 2. The van der Waals surface area contributed by atoms with Crippen molar-refractivity contribution < 1.29 is 14.4 Å². The first-order chi connectivity index (χ1) is 6.20. The first kappa shape index (κ1) is 9.31. The summed E-state index contributed by atoms with van der Waals surface area (Å²) in [4.78, 5) is 9.96. The van der Waals surface area contributed by atoms with E-state index in [1.165, 1.54) is 26.4 Å². The van der Waals surface area contributed by atoms with E-state index in [4.69, 9.17) is 9.47 Å². The third-order valence-corrected chi connectivity index (χ3v) is 1.51. The minimum atomic E-state index is -0.544. The number of nitrogens with zero attached hydrogens (tertiary/aromatic N) is 1. The van der Waals surface area contributed by atoms with Crippen LogP contribution < -0.4 is 9.47 Å². The van der Waals surface area contributed by atoms with Crippen molar-refractivity contribution in [1.29, 1.82) is 0 Å². The van der Waals surface area contributed by atoms with E-state index in [2.05, 4.69) is 6.07 Å². The van der Waals surface area contributed by atoms with Crippen LogP contribution in [-0.2, 0) is 0 Å². The van der Waals surface area contributed by atoms with Crippen LogP contribution >= 0.6 is 0 Å². The van der Waals surface area contributed by atoms with Gasteiger partial charge in [0.15, 0.2) is 5.75 Å². The molecule has 0 saturated heterocycles. The Morgan fingerprint density at radius 1 is 1.38 bits per heavy atom. The summed E-state index contributed by atoms with van der Waals surface area (Å²) in [6.45, 7) is 0. The average molecular weight is 182 g/mol. The average Bonchev–Trinajstić information content (AvgIpc) is 2.16. The molecular formula is C8H8NO4. The number of hydrogen-bond donors (Lipinski definition) is 0. The molecule has 0 N–H and O–H groups in total. The van der Waals surface area contributed by atoms with Gasteiger partial charge in [0.25, 0.3) is 0 Å². The van der Waals surface area contributed by atoms with Gasteiger partial charge in [-0.25, -0.2) is 0 Å². The summed E-state index contributed by atoms with van der Waals surface area (Å²) in [5, 5.41) is 10.5. The molecule has 1 radical (unpaired) electrons. The molecule has 0 unspecified atom stereocenters. The molecule has 0 atom stereocenters. The maximum Gasteiger partial charge on any atom is 0.315 e. The highest BCUT2D eigenvalue weighted by Crippen LogP contribution is 2.35. The second-order valence-corrected chi connectivity index (χ2v) is 2.20. The molecule has 5 nitrogen and oxygen atoms in total. The molecule has 1 aromatic rings. The van der Waals surface area contributed by atoms with Crippen LogP contribution in [0.3, 0.4) is 0 Å². The molecule has 0 aliphatic carbocycles. The van der Waals surface area contributed by atoms with Crippen LogP contribution in [0.5, 0.6) is 11.5 Å². The monoisotopic (exact) mass is 182 g/mol. The molecule has 1 rings (SSSR count). The molecule has 0 aliphatic heterocycles. The van der Waals surface area contributed by atoms with E-state index in [-0.39, 0.29) is 11.4 Å². The standard InChI is InChI=1S/C8H8NO4/c1-12-7-5-3-4-6(9(10)11)8(7)13-2/h4-5H,1-2H3. The van der Waals surface area contributed by atoms with Gasteiger partial charge in [0.1, 0.15) is 0 Å². The fraction of sp³-hybridized carbons (Fsp3) is 0.250. The Kier molecular flexibility index (Phi) is 2.69. The highest BCUT2D eigenvalue weighted by molar-refractivity contribution is 5.55. The number of benzene rings is 1. The van der Waals surface area contributed by atoms with Crippen LogP contribution in [0.2, 0.25) is 0 Å². The summed E-state index contributed by atoms with van der Waals surface area (Å²) in [5.41, 5.74) is -0.151. The fourth-order valence-corrected chi connectivity index (χ4v) is 0.946. The van der Waals surface area contributed by atoms with Gasteiger partial charge >= 0.3 is 5.69 Å². The van der Waals surface area contributed by atoms with E-state index >= 15 is 0 Å². The minimum Gasteiger partial charge on any atom is -0.493 e. The smallest absolute Gasteiger partial charge is 0.315 e. The third-order valence-electron chi connectivity index (χ3n) is 1.51. The van der Waals surface area contributed by atoms with E-state index in [0.717, 1.165) is 0 Å². The molecule has 0 fully saturated rings. The van der Waals surface area contributed by atoms with Crippen LogP contribution in [0.25, 0.3) is 0 Å². The lowest BCUT2D eigenvalue weighted by Gasteiger charge is -2.05. The summed E-state index contributed by atoms with van der Waals surface area (Å²) >= 11 is 0. The molecule has 5 heteroatoms. The predicted octanol–water partition coefficient (Wildman–Crippen LogP) is 1.41. The van der Waals surface area contributed by atoms with E-state index in [1.54, 1.807) is 0 Å². The zero-order valence-corrected chi connectivity index (χ0v) is 7.23. The highest BCUT2D eigenvalue weighted by Gasteiger charge is 2.18. The Morgan fingerprint density at radius 3 is 2.54 bits per heavy atom. The maximum atomic E-state index is 10.5. The van der Waals surface area contributed by atoms with Crippen molar-refractivity contribution in [3.63, 3.8) is 0 Å². The first-order valence-corrected chi connectivity index (χ1v) is 3.47. The topological polar surface area (TPSA) is 61.6 Å². The summed E-state index contributed by atoms with van der Waals surface area (Å²) in [5.74, 6) is 0.419. The van der Waals surface area contributed by atoms with E-state index in [0.29, 0.717) is 5.75 Å². The maximum absolute atomic E-state index is 10.5. The number of rotatable bonds is 3.